The highest BCUT2D eigenvalue weighted by molar-refractivity contribution is 6.30. The van der Waals surface area contributed by atoms with E-state index in [-0.39, 0.29) is 16.9 Å². The van der Waals surface area contributed by atoms with Gasteiger partial charge in [0.1, 0.15) is 11.3 Å². The molecule has 5 aromatic rings. The highest BCUT2D eigenvalue weighted by Gasteiger charge is 2.18. The Hall–Kier alpha value is -3.58. The van der Waals surface area contributed by atoms with Gasteiger partial charge in [0, 0.05) is 11.2 Å². The second-order valence-electron chi connectivity index (χ2n) is 7.23. The molecule has 0 aliphatic rings. The summed E-state index contributed by atoms with van der Waals surface area (Å²) in [6, 6.07) is 15.4. The summed E-state index contributed by atoms with van der Waals surface area (Å²) in [4.78, 5) is 13.1. The first-order valence-corrected chi connectivity index (χ1v) is 10.2. The van der Waals surface area contributed by atoms with Crippen molar-refractivity contribution in [3.63, 3.8) is 0 Å². The molecule has 2 aromatic carbocycles. The van der Waals surface area contributed by atoms with E-state index in [1.807, 2.05) is 25.1 Å². The lowest BCUT2D eigenvalue weighted by Gasteiger charge is -2.08. The van der Waals surface area contributed by atoms with Crippen molar-refractivity contribution in [1.82, 2.24) is 24.4 Å². The first-order valence-electron chi connectivity index (χ1n) is 9.83. The zero-order valence-corrected chi connectivity index (χ0v) is 17.3. The normalized spacial score (nSPS) is 11.5. The molecular formula is C23H17ClFN5O. The van der Waals surface area contributed by atoms with Gasteiger partial charge in [-0.15, -0.1) is 10.2 Å². The van der Waals surface area contributed by atoms with Crippen molar-refractivity contribution in [2.24, 2.45) is 0 Å². The molecule has 8 heteroatoms. The second-order valence-corrected chi connectivity index (χ2v) is 7.66. The summed E-state index contributed by atoms with van der Waals surface area (Å²) in [6.07, 6.45) is 2.39. The minimum Gasteiger partial charge on any atom is -0.309 e. The summed E-state index contributed by atoms with van der Waals surface area (Å²) >= 11 is 5.94. The van der Waals surface area contributed by atoms with Crippen molar-refractivity contribution in [2.45, 2.75) is 19.9 Å². The second kappa shape index (κ2) is 7.59. The van der Waals surface area contributed by atoms with Crippen LogP contribution in [0.5, 0.6) is 0 Å². The quantitative estimate of drug-likeness (QED) is 0.418. The minimum atomic E-state index is -0.309. The average molecular weight is 434 g/mol. The van der Waals surface area contributed by atoms with Gasteiger partial charge in [0.25, 0.3) is 5.56 Å². The maximum absolute atomic E-state index is 13.4. The van der Waals surface area contributed by atoms with Crippen molar-refractivity contribution in [3.05, 3.63) is 93.2 Å². The van der Waals surface area contributed by atoms with Gasteiger partial charge in [-0.3, -0.25) is 4.79 Å². The molecule has 31 heavy (non-hydrogen) atoms. The van der Waals surface area contributed by atoms with Crippen LogP contribution in [0.15, 0.2) is 65.6 Å². The third-order valence-corrected chi connectivity index (χ3v) is 5.51. The van der Waals surface area contributed by atoms with Crippen LogP contribution in [0.1, 0.15) is 18.2 Å². The molecule has 0 aliphatic heterocycles. The van der Waals surface area contributed by atoms with E-state index in [0.717, 1.165) is 22.4 Å². The largest absolute Gasteiger partial charge is 0.309 e. The van der Waals surface area contributed by atoms with Crippen LogP contribution in [0.25, 0.3) is 27.8 Å². The number of nitrogens with zero attached hydrogens (tertiary/aromatic N) is 5. The van der Waals surface area contributed by atoms with Gasteiger partial charge in [-0.25, -0.2) is 8.91 Å². The summed E-state index contributed by atoms with van der Waals surface area (Å²) in [5.41, 5.74) is 4.44. The summed E-state index contributed by atoms with van der Waals surface area (Å²) in [5.74, 6) is -0.309. The Morgan fingerprint density at radius 1 is 1.00 bits per heavy atom. The maximum Gasteiger partial charge on any atom is 0.280 e. The van der Waals surface area contributed by atoms with E-state index >= 15 is 0 Å². The van der Waals surface area contributed by atoms with Gasteiger partial charge in [0.2, 0.25) is 0 Å². The standard InChI is InChI=1S/C23H17ClFN5O/c1-2-18-20(15-5-9-17(25)10-6-15)22-27-26-21-19(30(22)28-18)11-12-29(23(21)31)13-14-3-7-16(24)8-4-14/h3-12H,2,13H2,1H3. The molecule has 0 spiro atoms. The van der Waals surface area contributed by atoms with Crippen molar-refractivity contribution in [3.8, 4) is 11.1 Å². The molecule has 0 saturated heterocycles. The van der Waals surface area contributed by atoms with Crippen LogP contribution in [0.4, 0.5) is 4.39 Å². The van der Waals surface area contributed by atoms with Crippen LogP contribution in [-0.2, 0) is 13.0 Å². The topological polar surface area (TPSA) is 65.1 Å². The summed E-state index contributed by atoms with van der Waals surface area (Å²) in [5, 5.41) is 13.9. The highest BCUT2D eigenvalue weighted by atomic mass is 35.5. The Morgan fingerprint density at radius 3 is 2.45 bits per heavy atom. The number of rotatable bonds is 4. The predicted molar refractivity (Wildman–Crippen MR) is 118 cm³/mol. The summed E-state index contributed by atoms with van der Waals surface area (Å²) < 4.78 is 16.6. The van der Waals surface area contributed by atoms with Gasteiger partial charge >= 0.3 is 0 Å². The van der Waals surface area contributed by atoms with E-state index in [9.17, 15) is 9.18 Å². The maximum atomic E-state index is 13.4. The molecule has 0 amide bonds. The molecule has 0 bridgehead atoms. The Balaban J connectivity index is 1.67. The molecule has 0 aliphatic carbocycles. The van der Waals surface area contributed by atoms with Crippen LogP contribution in [0.2, 0.25) is 5.02 Å². The number of pyridine rings is 1. The summed E-state index contributed by atoms with van der Waals surface area (Å²) in [7, 11) is 0. The number of halogens is 2. The Bertz CT molecular complexity index is 1470. The van der Waals surface area contributed by atoms with E-state index < -0.39 is 0 Å². The molecule has 0 radical (unpaired) electrons. The van der Waals surface area contributed by atoms with Crippen molar-refractivity contribution >= 4 is 28.3 Å². The van der Waals surface area contributed by atoms with Crippen LogP contribution in [0, 0.1) is 5.82 Å². The zero-order chi connectivity index (χ0) is 21.5. The smallest absolute Gasteiger partial charge is 0.280 e. The fourth-order valence-electron chi connectivity index (χ4n) is 3.70. The van der Waals surface area contributed by atoms with Gasteiger partial charge < -0.3 is 4.57 Å². The third kappa shape index (κ3) is 3.37. The molecule has 3 heterocycles. The number of hydrogen-bond acceptors (Lipinski definition) is 4. The average Bonchev–Trinajstić information content (AvgIpc) is 3.17. The molecule has 0 N–H and O–H groups in total. The van der Waals surface area contributed by atoms with Crippen LogP contribution in [0.3, 0.4) is 0 Å². The van der Waals surface area contributed by atoms with E-state index in [4.69, 9.17) is 11.6 Å². The molecule has 0 fully saturated rings. The molecule has 0 saturated carbocycles. The van der Waals surface area contributed by atoms with Crippen LogP contribution >= 0.6 is 11.6 Å². The van der Waals surface area contributed by atoms with Gasteiger partial charge in [-0.1, -0.05) is 42.8 Å². The van der Waals surface area contributed by atoms with Crippen molar-refractivity contribution in [2.75, 3.05) is 0 Å². The molecule has 3 aromatic heterocycles. The van der Waals surface area contributed by atoms with E-state index in [1.54, 1.807) is 39.5 Å². The monoisotopic (exact) mass is 433 g/mol. The van der Waals surface area contributed by atoms with Crippen molar-refractivity contribution < 1.29 is 4.39 Å². The lowest BCUT2D eigenvalue weighted by Crippen LogP contribution is -2.22. The van der Waals surface area contributed by atoms with Crippen LogP contribution < -0.4 is 5.56 Å². The van der Waals surface area contributed by atoms with Gasteiger partial charge in [-0.2, -0.15) is 5.10 Å². The molecule has 6 nitrogen and oxygen atoms in total. The Labute approximate surface area is 181 Å². The van der Waals surface area contributed by atoms with E-state index in [1.165, 1.54) is 12.1 Å². The van der Waals surface area contributed by atoms with Crippen LogP contribution in [-0.4, -0.2) is 24.4 Å². The molecular weight excluding hydrogens is 417 g/mol. The number of aromatic nitrogens is 5. The number of fused-ring (bicyclic) bond motifs is 3. The van der Waals surface area contributed by atoms with Crippen molar-refractivity contribution in [1.29, 1.82) is 0 Å². The van der Waals surface area contributed by atoms with Gasteiger partial charge in [0.15, 0.2) is 11.2 Å². The zero-order valence-electron chi connectivity index (χ0n) is 16.6. The molecule has 154 valence electrons. The fourth-order valence-corrected chi connectivity index (χ4v) is 3.83. The highest BCUT2D eigenvalue weighted by Crippen LogP contribution is 2.29. The van der Waals surface area contributed by atoms with E-state index in [0.29, 0.717) is 29.2 Å². The lowest BCUT2D eigenvalue weighted by atomic mass is 10.0. The minimum absolute atomic E-state index is 0.236. The number of benzene rings is 2. The number of aryl methyl sites for hydroxylation is 1. The van der Waals surface area contributed by atoms with Gasteiger partial charge in [-0.05, 0) is 47.9 Å². The Morgan fingerprint density at radius 2 is 1.74 bits per heavy atom. The first-order chi connectivity index (χ1) is 15.0. The SMILES string of the molecule is CCc1nn2c(nnc3c(=O)n(Cc4ccc(Cl)cc4)ccc32)c1-c1ccc(F)cc1. The molecule has 0 unspecified atom stereocenters. The predicted octanol–water partition coefficient (Wildman–Crippen LogP) is 4.51. The Kier molecular flexibility index (Phi) is 4.75. The van der Waals surface area contributed by atoms with E-state index in [2.05, 4.69) is 15.3 Å². The van der Waals surface area contributed by atoms with Gasteiger partial charge in [0.05, 0.1) is 17.8 Å². The molecule has 5 rings (SSSR count). The third-order valence-electron chi connectivity index (χ3n) is 5.26. The number of hydrogen-bond donors (Lipinski definition) is 0. The lowest BCUT2D eigenvalue weighted by molar-refractivity contribution is 0.628. The molecule has 0 atom stereocenters. The first kappa shape index (κ1) is 19.4. The fraction of sp³-hybridized carbons (Fsp3) is 0.130. The summed E-state index contributed by atoms with van der Waals surface area (Å²) in [6.45, 7) is 2.38.